The number of rotatable bonds is 9. The van der Waals surface area contributed by atoms with Crippen LogP contribution < -0.4 is 0 Å². The molecular formula is C96H141N3. The van der Waals surface area contributed by atoms with Gasteiger partial charge in [0.25, 0.3) is 0 Å². The number of hydrogen-bond acceptors (Lipinski definition) is 3. The highest BCUT2D eigenvalue weighted by Gasteiger charge is 2.30. The minimum Gasteiger partial charge on any atom is -0.304 e. The minimum absolute atomic E-state index is 1.08. The second-order valence-electron chi connectivity index (χ2n) is 22.3. The summed E-state index contributed by atoms with van der Waals surface area (Å²) in [4.78, 5) is 7.12. The first kappa shape index (κ1) is 89.9. The zero-order valence-corrected chi connectivity index (χ0v) is 68.3. The monoisotopic (exact) mass is 1340 g/mol. The Bertz CT molecular complexity index is 3350. The highest BCUT2D eigenvalue weighted by Crippen LogP contribution is 2.50. The van der Waals surface area contributed by atoms with E-state index in [1.165, 1.54) is 181 Å². The fourth-order valence-corrected chi connectivity index (χ4v) is 13.5. The Hall–Kier alpha value is -7.14. The summed E-state index contributed by atoms with van der Waals surface area (Å²) in [5.74, 6) is 0. The van der Waals surface area contributed by atoms with Crippen LogP contribution in [0.2, 0.25) is 0 Å². The van der Waals surface area contributed by atoms with Gasteiger partial charge in [0.2, 0.25) is 0 Å². The average Bonchev–Trinajstić information content (AvgIpc) is 1.58. The minimum atomic E-state index is 1.08. The Kier molecular flexibility index (Phi) is 47.1. The van der Waals surface area contributed by atoms with Gasteiger partial charge in [-0.25, -0.2) is 0 Å². The lowest BCUT2D eigenvalue weighted by molar-refractivity contribution is 0.321. The summed E-state index contributed by atoms with van der Waals surface area (Å²) < 4.78 is 0. The normalized spacial score (nSPS) is 11.0. The van der Waals surface area contributed by atoms with E-state index in [0.717, 1.165) is 38.5 Å². The van der Waals surface area contributed by atoms with E-state index >= 15 is 0 Å². The summed E-state index contributed by atoms with van der Waals surface area (Å²) in [5, 5.41) is 0. The van der Waals surface area contributed by atoms with Crippen LogP contribution in [0.1, 0.15) is 254 Å². The van der Waals surface area contributed by atoms with Crippen molar-refractivity contribution in [1.82, 2.24) is 14.7 Å². The molecule has 0 heterocycles. The Morgan fingerprint density at radius 1 is 0.182 bits per heavy atom. The molecule has 15 rings (SSSR count). The van der Waals surface area contributed by atoms with Gasteiger partial charge in [-0.3, -0.25) is 0 Å². The van der Waals surface area contributed by atoms with Gasteiger partial charge in [-0.15, -0.1) is 0 Å². The molecule has 0 radical (unpaired) electrons. The third-order valence-electron chi connectivity index (χ3n) is 18.2. The van der Waals surface area contributed by atoms with Crippen LogP contribution in [0, 0.1) is 0 Å². The van der Waals surface area contributed by atoms with Crippen molar-refractivity contribution in [3.8, 4) is 66.8 Å². The Morgan fingerprint density at radius 2 is 0.384 bits per heavy atom. The van der Waals surface area contributed by atoms with E-state index in [0.29, 0.717) is 0 Å². The van der Waals surface area contributed by atoms with Gasteiger partial charge >= 0.3 is 0 Å². The van der Waals surface area contributed by atoms with Gasteiger partial charge in [0, 0.05) is 0 Å². The third-order valence-corrected chi connectivity index (χ3v) is 18.2. The van der Waals surface area contributed by atoms with Crippen LogP contribution in [0.15, 0.2) is 182 Å². The van der Waals surface area contributed by atoms with Gasteiger partial charge in [-0.2, -0.15) is 0 Å². The van der Waals surface area contributed by atoms with Crippen LogP contribution >= 0.6 is 0 Å². The van der Waals surface area contributed by atoms with Crippen LogP contribution in [0.5, 0.6) is 0 Å². The molecule has 0 N–H and O–H groups in total. The quantitative estimate of drug-likeness (QED) is 0.143. The Morgan fingerprint density at radius 3 is 0.626 bits per heavy atom. The molecule has 9 aromatic carbocycles. The smallest absolute Gasteiger partial charge is 0.00104 e. The molecule has 540 valence electrons. The molecule has 6 aliphatic carbocycles. The summed E-state index contributed by atoms with van der Waals surface area (Å²) in [6.45, 7) is 66.4. The van der Waals surface area contributed by atoms with E-state index in [4.69, 9.17) is 0 Å². The van der Waals surface area contributed by atoms with Gasteiger partial charge in [0.1, 0.15) is 0 Å². The van der Waals surface area contributed by atoms with Crippen LogP contribution in [-0.2, 0) is 38.5 Å². The molecule has 0 fully saturated rings. The first-order valence-corrected chi connectivity index (χ1v) is 39.9. The molecule has 0 unspecified atom stereocenters. The molecule has 99 heavy (non-hydrogen) atoms. The maximum atomic E-state index is 2.44. The first-order chi connectivity index (χ1) is 48.8. The zero-order chi connectivity index (χ0) is 74.4. The van der Waals surface area contributed by atoms with E-state index in [1.807, 2.05) is 125 Å². The molecule has 0 saturated heterocycles. The molecule has 0 bridgehead atoms. The lowest BCUT2D eigenvalue weighted by atomic mass is 9.94. The van der Waals surface area contributed by atoms with Crippen LogP contribution in [0.25, 0.3) is 66.8 Å². The topological polar surface area (TPSA) is 9.72 Å². The number of fused-ring (bicyclic) bond motifs is 20. The second-order valence-corrected chi connectivity index (χ2v) is 22.3. The molecule has 9 aromatic rings. The largest absolute Gasteiger partial charge is 0.304 e. The number of benzene rings is 9. The van der Waals surface area contributed by atoms with Gasteiger partial charge < -0.3 is 14.7 Å². The van der Waals surface area contributed by atoms with Crippen LogP contribution in [-0.4, -0.2) is 73.6 Å². The van der Waals surface area contributed by atoms with Crippen molar-refractivity contribution in [3.05, 3.63) is 249 Å². The molecule has 6 aliphatic rings. The van der Waals surface area contributed by atoms with Crippen molar-refractivity contribution in [2.45, 2.75) is 225 Å². The fourth-order valence-electron chi connectivity index (χ4n) is 13.5. The summed E-state index contributed by atoms with van der Waals surface area (Å²) in [7, 11) is 0. The third kappa shape index (κ3) is 23.5. The molecule has 0 saturated carbocycles. The van der Waals surface area contributed by atoms with Crippen molar-refractivity contribution >= 4 is 0 Å². The van der Waals surface area contributed by atoms with E-state index < -0.39 is 0 Å². The lowest BCUT2D eigenvalue weighted by Gasteiger charge is -2.13. The van der Waals surface area contributed by atoms with Gasteiger partial charge in [-0.1, -0.05) is 363 Å². The maximum absolute atomic E-state index is 2.44. The van der Waals surface area contributed by atoms with E-state index in [9.17, 15) is 0 Å². The predicted octanol–water partition coefficient (Wildman–Crippen LogP) is 27.8. The molecule has 3 heteroatoms. The molecule has 0 atom stereocenters. The first-order valence-electron chi connectivity index (χ1n) is 39.9. The van der Waals surface area contributed by atoms with Gasteiger partial charge in [0.15, 0.2) is 0 Å². The Balaban J connectivity index is 0.000000594. The highest BCUT2D eigenvalue weighted by molar-refractivity contribution is 5.95. The maximum Gasteiger partial charge on any atom is -0.00104 e. The molecule has 3 nitrogen and oxygen atoms in total. The van der Waals surface area contributed by atoms with Crippen LogP contribution in [0.3, 0.4) is 0 Å². The average molecular weight is 1340 g/mol. The zero-order valence-electron chi connectivity index (χ0n) is 68.3. The van der Waals surface area contributed by atoms with Crippen molar-refractivity contribution < 1.29 is 0 Å². The molecule has 0 spiro atoms. The number of hydrogen-bond donors (Lipinski definition) is 0. The second kappa shape index (κ2) is 51.9. The standard InChI is InChI=1S/3C20H14.3C6H15N.9C2H6/c1-3-7-17-13(5-1)9-15-11-16-10-14-6-2-4-8-18(14)20(16)12-19(15)17;1-3-7-17-13(5-1)11-15-9-10-16-12-14-6-2-4-8-18(14)20(16)19(15)17;1-3-7-15-13(5-1)11-19-17(15)9-10-18-16-8-4-2-6-14(16)12-20(18)19;3*1-4-7(5-2)6-3;9*1-2/h1-8,11-12H,9-10H2;2*1-10H,11-12H2;3*4-6H2,1-3H3;9*1-2H3. The number of nitrogens with zero attached hydrogens (tertiary/aromatic N) is 3. The SMILES string of the molecule is CC.CC.CC.CC.CC.CC.CC.CC.CC.CCN(CC)CC.CCN(CC)CC.CCN(CC)CC.c1ccc2c(c1)Cc1c-2ccc2c1Cc1ccccc1-2.c1ccc2c(c1)Cc1cc3c(cc1-2)-c1ccccc1C3.c1ccc2c(c1)Cc1ccc3c(c1-2)-c1ccccc1C3. The predicted molar refractivity (Wildman–Crippen MR) is 451 cm³/mol. The van der Waals surface area contributed by atoms with Crippen LogP contribution in [0.4, 0.5) is 0 Å². The summed E-state index contributed by atoms with van der Waals surface area (Å²) in [6, 6.07) is 67.2. The molecule has 0 amide bonds. The summed E-state index contributed by atoms with van der Waals surface area (Å²) in [5.41, 5.74) is 35.3. The molecule has 0 aliphatic heterocycles. The Labute approximate surface area is 611 Å². The van der Waals surface area contributed by atoms with Gasteiger partial charge in [-0.05, 0) is 237 Å². The summed E-state index contributed by atoms with van der Waals surface area (Å²) in [6.07, 6.45) is 6.55. The van der Waals surface area contributed by atoms with Gasteiger partial charge in [0.05, 0.1) is 0 Å². The van der Waals surface area contributed by atoms with Crippen molar-refractivity contribution in [3.63, 3.8) is 0 Å². The van der Waals surface area contributed by atoms with Crippen molar-refractivity contribution in [2.75, 3.05) is 58.9 Å². The van der Waals surface area contributed by atoms with E-state index in [1.54, 1.807) is 11.1 Å². The van der Waals surface area contributed by atoms with Crippen molar-refractivity contribution in [2.24, 2.45) is 0 Å². The molecule has 0 aromatic heterocycles. The fraction of sp³-hybridized carbons (Fsp3) is 0.438. The lowest BCUT2D eigenvalue weighted by Crippen LogP contribution is -2.21. The molecular weight excluding hydrogens is 1200 g/mol. The van der Waals surface area contributed by atoms with E-state index in [2.05, 4.69) is 259 Å². The van der Waals surface area contributed by atoms with Crippen molar-refractivity contribution in [1.29, 1.82) is 0 Å². The van der Waals surface area contributed by atoms with E-state index in [-0.39, 0.29) is 0 Å². The highest BCUT2D eigenvalue weighted by atomic mass is 15.1. The summed E-state index contributed by atoms with van der Waals surface area (Å²) >= 11 is 0.